The maximum Gasteiger partial charge on any atom is 0.385 e. The fourth-order valence-corrected chi connectivity index (χ4v) is 1.24. The first kappa shape index (κ1) is 28.1. The fourth-order valence-electron chi connectivity index (χ4n) is 1.24. The van der Waals surface area contributed by atoms with Crippen LogP contribution >= 0.6 is 0 Å². The predicted molar refractivity (Wildman–Crippen MR) is 125 cm³/mol. The van der Waals surface area contributed by atoms with Gasteiger partial charge in [0.25, 0.3) is 0 Å². The third-order valence-electron chi connectivity index (χ3n) is 2.46. The zero-order chi connectivity index (χ0) is 25.1. The van der Waals surface area contributed by atoms with Gasteiger partial charge in [0.15, 0.2) is 6.10 Å². The average molecular weight is 440 g/mol. The summed E-state index contributed by atoms with van der Waals surface area (Å²) in [4.78, 5) is 23.1. The van der Waals surface area contributed by atoms with Crippen molar-refractivity contribution in [2.24, 2.45) is 0 Å². The quantitative estimate of drug-likeness (QED) is 0.363. The molecule has 0 aliphatic carbocycles. The molecule has 0 saturated carbocycles. The van der Waals surface area contributed by atoms with E-state index in [1.54, 1.807) is 13.8 Å². The van der Waals surface area contributed by atoms with Crippen LogP contribution in [0.15, 0.2) is 0 Å². The first-order valence-electron chi connectivity index (χ1n) is 8.97. The van der Waals surface area contributed by atoms with Crippen molar-refractivity contribution in [2.45, 2.75) is 20.0 Å². The van der Waals surface area contributed by atoms with E-state index < -0.39 is 31.3 Å². The molecule has 5 heteroatoms. The van der Waals surface area contributed by atoms with Crippen LogP contribution in [-0.2, 0) is 19.1 Å². The van der Waals surface area contributed by atoms with E-state index in [-0.39, 0.29) is 0 Å². The van der Waals surface area contributed by atoms with Crippen molar-refractivity contribution in [3.8, 4) is 130 Å². The normalized spacial score (nSPS) is 6.79. The van der Waals surface area contributed by atoms with Gasteiger partial charge < -0.3 is 14.6 Å². The maximum absolute atomic E-state index is 11.6. The Morgan fingerprint density at radius 1 is 0.588 bits per heavy atom. The summed E-state index contributed by atoms with van der Waals surface area (Å²) in [5.41, 5.74) is 0. The van der Waals surface area contributed by atoms with E-state index in [0.29, 0.717) is 0 Å². The Morgan fingerprint density at radius 3 is 1.32 bits per heavy atom. The van der Waals surface area contributed by atoms with Crippen LogP contribution in [0.2, 0.25) is 0 Å². The van der Waals surface area contributed by atoms with E-state index in [1.807, 2.05) is 0 Å². The molecule has 0 aliphatic heterocycles. The molecule has 0 amide bonds. The average Bonchev–Trinajstić information content (AvgIpc) is 2.84. The minimum Gasteiger partial charge on any atom is -0.452 e. The molecule has 158 valence electrons. The van der Waals surface area contributed by atoms with Crippen molar-refractivity contribution in [3.63, 3.8) is 0 Å². The Labute approximate surface area is 199 Å². The van der Waals surface area contributed by atoms with E-state index in [0.717, 1.165) is 0 Å². The smallest absolute Gasteiger partial charge is 0.385 e. The minimum absolute atomic E-state index is 0.430. The highest BCUT2D eigenvalue weighted by molar-refractivity contribution is 5.90. The zero-order valence-corrected chi connectivity index (χ0v) is 18.1. The van der Waals surface area contributed by atoms with Crippen LogP contribution in [0.4, 0.5) is 0 Å². The van der Waals surface area contributed by atoms with Gasteiger partial charge in [-0.05, 0) is 120 Å². The van der Waals surface area contributed by atoms with E-state index in [9.17, 15) is 14.7 Å². The van der Waals surface area contributed by atoms with Crippen LogP contribution in [0.3, 0.4) is 0 Å². The molecule has 5 nitrogen and oxygen atoms in total. The molecule has 0 aromatic rings. The number of rotatable bonds is 4. The summed E-state index contributed by atoms with van der Waals surface area (Å²) >= 11 is 0. The number of hydrogen-bond donors (Lipinski definition) is 1. The molecule has 0 rings (SSSR count). The molecule has 0 aromatic carbocycles. The van der Waals surface area contributed by atoms with Crippen molar-refractivity contribution in [2.75, 3.05) is 13.2 Å². The highest BCUT2D eigenvalue weighted by Gasteiger charge is 2.14. The number of carbonyl (C=O) groups is 2. The lowest BCUT2D eigenvalue weighted by atomic mass is 10.4. The summed E-state index contributed by atoms with van der Waals surface area (Å²) < 4.78 is 9.59. The molecular formula is C29H12O5. The number of aliphatic hydroxyl groups excluding tert-OH is 1. The molecule has 0 bridgehead atoms. The van der Waals surface area contributed by atoms with E-state index in [2.05, 4.69) is 130 Å². The fraction of sp³-hybridized carbons (Fsp3) is 0.172. The van der Waals surface area contributed by atoms with Gasteiger partial charge in [-0.2, -0.15) is 0 Å². The minimum atomic E-state index is -1.13. The third-order valence-corrected chi connectivity index (χ3v) is 2.46. The SMILES string of the molecule is CC#CC#CC#CC#CC#CC#CC(=O)OC[C@@H](CO)OC(=O)C#CC#CC#CC#CC#CC. The monoisotopic (exact) mass is 440 g/mol. The third kappa shape index (κ3) is 19.4. The summed E-state index contributed by atoms with van der Waals surface area (Å²) in [6.45, 7) is 2.27. The van der Waals surface area contributed by atoms with Gasteiger partial charge in [-0.3, -0.25) is 0 Å². The lowest BCUT2D eigenvalue weighted by molar-refractivity contribution is -0.153. The first-order valence-corrected chi connectivity index (χ1v) is 8.97. The van der Waals surface area contributed by atoms with Crippen molar-refractivity contribution >= 4 is 11.9 Å². The van der Waals surface area contributed by atoms with Gasteiger partial charge in [0.1, 0.15) is 6.61 Å². The molecule has 0 spiro atoms. The second kappa shape index (κ2) is 21.8. The van der Waals surface area contributed by atoms with E-state index in [1.165, 1.54) is 0 Å². The molecule has 0 heterocycles. The first-order chi connectivity index (χ1) is 16.6. The summed E-state index contributed by atoms with van der Waals surface area (Å²) in [6.07, 6.45) is -1.13. The van der Waals surface area contributed by atoms with E-state index >= 15 is 0 Å². The molecule has 0 aliphatic rings. The number of hydrogen-bond acceptors (Lipinski definition) is 5. The van der Waals surface area contributed by atoms with Crippen LogP contribution in [0.25, 0.3) is 0 Å². The summed E-state index contributed by atoms with van der Waals surface area (Å²) in [6, 6.07) is 0. The van der Waals surface area contributed by atoms with Gasteiger partial charge in [-0.15, -0.1) is 0 Å². The van der Waals surface area contributed by atoms with Gasteiger partial charge in [0.2, 0.25) is 0 Å². The molecule has 1 N–H and O–H groups in total. The van der Waals surface area contributed by atoms with E-state index in [4.69, 9.17) is 9.47 Å². The number of carbonyl (C=O) groups excluding carboxylic acids is 2. The number of aliphatic hydroxyl groups is 1. The number of esters is 2. The summed E-state index contributed by atoms with van der Waals surface area (Å²) in [5, 5.41) is 9.21. The van der Waals surface area contributed by atoms with Gasteiger partial charge in [0, 0.05) is 11.8 Å². The lowest BCUT2D eigenvalue weighted by Crippen LogP contribution is -2.27. The topological polar surface area (TPSA) is 72.8 Å². The Morgan fingerprint density at radius 2 is 0.941 bits per heavy atom. The van der Waals surface area contributed by atoms with Crippen molar-refractivity contribution in [3.05, 3.63) is 0 Å². The second-order valence-electron chi connectivity index (χ2n) is 4.81. The highest BCUT2D eigenvalue weighted by atomic mass is 16.6. The molecule has 1 atom stereocenters. The standard InChI is InChI=1S/C29H12O5/c1-3-5-7-9-11-13-14-16-17-19-21-23-28(31)33-26-27(25-30)34-29(32)24-22-20-18-15-12-10-8-6-4-2/h27,30H,25-26H2,1-2H3/t27-/m1/s1. The largest absolute Gasteiger partial charge is 0.452 e. The second-order valence-corrected chi connectivity index (χ2v) is 4.81. The van der Waals surface area contributed by atoms with Crippen molar-refractivity contribution < 1.29 is 24.2 Å². The predicted octanol–water partition coefficient (Wildman–Crippen LogP) is -0.489. The maximum atomic E-state index is 11.6. The molecule has 0 unspecified atom stereocenters. The summed E-state index contributed by atoms with van der Waals surface area (Å²) in [7, 11) is 0. The van der Waals surface area contributed by atoms with Crippen LogP contribution in [0.1, 0.15) is 13.8 Å². The van der Waals surface area contributed by atoms with Gasteiger partial charge >= 0.3 is 11.9 Å². The Balaban J connectivity index is 4.56. The Bertz CT molecular complexity index is 1480. The molecule has 0 saturated heterocycles. The van der Waals surface area contributed by atoms with Crippen molar-refractivity contribution in [1.82, 2.24) is 0 Å². The Kier molecular flexibility index (Phi) is 18.0. The summed E-state index contributed by atoms with van der Waals surface area (Å²) in [5.74, 6) is 50.6. The van der Waals surface area contributed by atoms with Crippen LogP contribution in [-0.4, -0.2) is 36.4 Å². The molecule has 0 fully saturated rings. The van der Waals surface area contributed by atoms with Gasteiger partial charge in [-0.1, -0.05) is 11.8 Å². The van der Waals surface area contributed by atoms with Gasteiger partial charge in [0.05, 0.1) is 6.61 Å². The van der Waals surface area contributed by atoms with Crippen molar-refractivity contribution in [1.29, 1.82) is 0 Å². The van der Waals surface area contributed by atoms with Crippen LogP contribution in [0.5, 0.6) is 0 Å². The molecule has 34 heavy (non-hydrogen) atoms. The highest BCUT2D eigenvalue weighted by Crippen LogP contribution is 1.94. The molecule has 0 aromatic heterocycles. The zero-order valence-electron chi connectivity index (χ0n) is 18.1. The number of ether oxygens (including phenoxy) is 2. The van der Waals surface area contributed by atoms with Crippen LogP contribution in [0, 0.1) is 130 Å². The van der Waals surface area contributed by atoms with Crippen LogP contribution < -0.4 is 0 Å². The van der Waals surface area contributed by atoms with Gasteiger partial charge in [-0.25, -0.2) is 9.59 Å². The lowest BCUT2D eigenvalue weighted by Gasteiger charge is -2.12. The molecular weight excluding hydrogens is 428 g/mol. The molecule has 0 radical (unpaired) electrons. The Hall–Kier alpha value is -5.94.